The van der Waals surface area contributed by atoms with Gasteiger partial charge < -0.3 is 15.0 Å². The normalized spacial score (nSPS) is 11.7. The van der Waals surface area contributed by atoms with Crippen LogP contribution in [0.3, 0.4) is 0 Å². The molecule has 156 valence electrons. The van der Waals surface area contributed by atoms with Gasteiger partial charge in [0.25, 0.3) is 5.91 Å². The summed E-state index contributed by atoms with van der Waals surface area (Å²) in [7, 11) is 0. The second kappa shape index (κ2) is 10.3. The van der Waals surface area contributed by atoms with Gasteiger partial charge in [-0.05, 0) is 69.0 Å². The van der Waals surface area contributed by atoms with Gasteiger partial charge in [-0.25, -0.2) is 0 Å². The Labute approximate surface area is 178 Å². The van der Waals surface area contributed by atoms with Crippen LogP contribution in [0.2, 0.25) is 5.02 Å². The van der Waals surface area contributed by atoms with Crippen molar-refractivity contribution < 1.29 is 14.3 Å². The first-order valence-electron chi connectivity index (χ1n) is 9.75. The number of aryl methyl sites for hydroxylation is 2. The highest BCUT2D eigenvalue weighted by Gasteiger charge is 2.27. The van der Waals surface area contributed by atoms with E-state index in [4.69, 9.17) is 16.3 Å². The zero-order valence-electron chi connectivity index (χ0n) is 17.7. The van der Waals surface area contributed by atoms with Crippen LogP contribution < -0.4 is 10.1 Å². The lowest BCUT2D eigenvalue weighted by atomic mass is 10.1. The van der Waals surface area contributed by atoms with E-state index >= 15 is 0 Å². The molecule has 0 aliphatic carbocycles. The van der Waals surface area contributed by atoms with Crippen molar-refractivity contribution in [1.82, 2.24) is 10.2 Å². The van der Waals surface area contributed by atoms with Crippen LogP contribution in [0.1, 0.15) is 36.1 Å². The lowest BCUT2D eigenvalue weighted by molar-refractivity contribution is -0.142. The second-order valence-corrected chi connectivity index (χ2v) is 7.58. The van der Waals surface area contributed by atoms with Gasteiger partial charge in [0.05, 0.1) is 0 Å². The maximum absolute atomic E-state index is 13.0. The fourth-order valence-electron chi connectivity index (χ4n) is 3.09. The first-order valence-corrected chi connectivity index (χ1v) is 10.1. The Morgan fingerprint density at radius 2 is 1.86 bits per heavy atom. The quantitative estimate of drug-likeness (QED) is 0.701. The molecule has 0 spiro atoms. The predicted molar refractivity (Wildman–Crippen MR) is 116 cm³/mol. The Kier molecular flexibility index (Phi) is 8.09. The molecule has 0 aliphatic heterocycles. The Morgan fingerprint density at radius 3 is 2.52 bits per heavy atom. The molecule has 0 unspecified atom stereocenters. The van der Waals surface area contributed by atoms with Crippen molar-refractivity contribution in [2.75, 3.05) is 13.2 Å². The Bertz CT molecular complexity index is 882. The summed E-state index contributed by atoms with van der Waals surface area (Å²) in [5.41, 5.74) is 3.95. The van der Waals surface area contributed by atoms with Crippen LogP contribution in [0, 0.1) is 20.8 Å². The number of nitrogens with zero attached hydrogens (tertiary/aromatic N) is 1. The summed E-state index contributed by atoms with van der Waals surface area (Å²) < 4.78 is 5.84. The van der Waals surface area contributed by atoms with E-state index in [1.54, 1.807) is 13.0 Å². The summed E-state index contributed by atoms with van der Waals surface area (Å²) in [6.45, 7) is 10.1. The minimum atomic E-state index is -0.650. The standard InChI is InChI=1S/C23H29ClN2O3/c1-6-25-23(28)18(5)26(13-19-9-7-8-10-20(19)24)22(27)14-29-21-12-15(2)11-16(3)17(21)4/h7-12,18H,6,13-14H2,1-5H3,(H,25,28)/t18-/m0/s1. The van der Waals surface area contributed by atoms with Crippen molar-refractivity contribution >= 4 is 23.4 Å². The highest BCUT2D eigenvalue weighted by molar-refractivity contribution is 6.31. The lowest BCUT2D eigenvalue weighted by Crippen LogP contribution is -2.49. The number of carbonyl (C=O) groups excluding carboxylic acids is 2. The van der Waals surface area contributed by atoms with E-state index in [0.717, 1.165) is 22.3 Å². The topological polar surface area (TPSA) is 58.6 Å². The number of ether oxygens (including phenoxy) is 1. The van der Waals surface area contributed by atoms with Crippen molar-refractivity contribution in [1.29, 1.82) is 0 Å². The third-order valence-electron chi connectivity index (χ3n) is 4.93. The summed E-state index contributed by atoms with van der Waals surface area (Å²) >= 11 is 6.28. The van der Waals surface area contributed by atoms with Crippen molar-refractivity contribution in [2.45, 2.75) is 47.2 Å². The van der Waals surface area contributed by atoms with Gasteiger partial charge in [0.2, 0.25) is 5.91 Å². The molecule has 2 amide bonds. The van der Waals surface area contributed by atoms with E-state index in [1.807, 2.05) is 52.0 Å². The van der Waals surface area contributed by atoms with Gasteiger partial charge in [0, 0.05) is 18.1 Å². The molecule has 2 aromatic rings. The van der Waals surface area contributed by atoms with Crippen molar-refractivity contribution in [3.8, 4) is 5.75 Å². The maximum atomic E-state index is 13.0. The molecule has 1 N–H and O–H groups in total. The van der Waals surface area contributed by atoms with Gasteiger partial charge in [0.1, 0.15) is 11.8 Å². The second-order valence-electron chi connectivity index (χ2n) is 7.18. The minimum Gasteiger partial charge on any atom is -0.483 e. The fraction of sp³-hybridized carbons (Fsp3) is 0.391. The molecule has 0 radical (unpaired) electrons. The van der Waals surface area contributed by atoms with Crippen LogP contribution in [0.4, 0.5) is 0 Å². The van der Waals surface area contributed by atoms with Crippen LogP contribution in [-0.2, 0) is 16.1 Å². The third-order valence-corrected chi connectivity index (χ3v) is 5.30. The SMILES string of the molecule is CCNC(=O)[C@H](C)N(Cc1ccccc1Cl)C(=O)COc1cc(C)cc(C)c1C. The summed E-state index contributed by atoms with van der Waals surface area (Å²) in [5, 5.41) is 3.33. The molecule has 0 fully saturated rings. The fourth-order valence-corrected chi connectivity index (χ4v) is 3.28. The average molecular weight is 417 g/mol. The van der Waals surface area contributed by atoms with Crippen LogP contribution in [0.5, 0.6) is 5.75 Å². The Balaban J connectivity index is 2.22. The summed E-state index contributed by atoms with van der Waals surface area (Å²) in [4.78, 5) is 26.9. The number of likely N-dealkylation sites (N-methyl/N-ethyl adjacent to an activating group) is 1. The molecular weight excluding hydrogens is 388 g/mol. The molecule has 0 saturated heterocycles. The van der Waals surface area contributed by atoms with E-state index in [2.05, 4.69) is 11.4 Å². The number of rotatable bonds is 8. The molecule has 0 bridgehead atoms. The van der Waals surface area contributed by atoms with Gasteiger partial charge in [-0.15, -0.1) is 0 Å². The number of nitrogens with one attached hydrogen (secondary N) is 1. The van der Waals surface area contributed by atoms with E-state index in [9.17, 15) is 9.59 Å². The van der Waals surface area contributed by atoms with Gasteiger partial charge in [-0.1, -0.05) is 35.9 Å². The van der Waals surface area contributed by atoms with E-state index in [-0.39, 0.29) is 25.0 Å². The molecular formula is C23H29ClN2O3. The highest BCUT2D eigenvalue weighted by atomic mass is 35.5. The number of hydrogen-bond acceptors (Lipinski definition) is 3. The predicted octanol–water partition coefficient (Wildman–Crippen LogP) is 4.20. The lowest BCUT2D eigenvalue weighted by Gasteiger charge is -2.29. The number of amides is 2. The van der Waals surface area contributed by atoms with E-state index in [1.165, 1.54) is 4.90 Å². The molecule has 0 aliphatic rings. The monoisotopic (exact) mass is 416 g/mol. The molecule has 2 rings (SSSR count). The Morgan fingerprint density at radius 1 is 1.17 bits per heavy atom. The molecule has 29 heavy (non-hydrogen) atoms. The highest BCUT2D eigenvalue weighted by Crippen LogP contribution is 2.24. The molecule has 0 saturated carbocycles. The van der Waals surface area contributed by atoms with Gasteiger partial charge >= 0.3 is 0 Å². The summed E-state index contributed by atoms with van der Waals surface area (Å²) in [6, 6.07) is 10.6. The summed E-state index contributed by atoms with van der Waals surface area (Å²) in [5.74, 6) is 0.192. The van der Waals surface area contributed by atoms with E-state index in [0.29, 0.717) is 17.3 Å². The molecule has 0 aromatic heterocycles. The maximum Gasteiger partial charge on any atom is 0.261 e. The van der Waals surface area contributed by atoms with Gasteiger partial charge in [0.15, 0.2) is 6.61 Å². The number of carbonyl (C=O) groups is 2. The van der Waals surface area contributed by atoms with Crippen molar-refractivity contribution in [2.24, 2.45) is 0 Å². The molecule has 0 heterocycles. The first kappa shape index (κ1) is 22.8. The zero-order chi connectivity index (χ0) is 21.6. The van der Waals surface area contributed by atoms with Crippen molar-refractivity contribution in [3.05, 3.63) is 63.7 Å². The molecule has 1 atom stereocenters. The van der Waals surface area contributed by atoms with Gasteiger partial charge in [-0.3, -0.25) is 9.59 Å². The number of hydrogen-bond donors (Lipinski definition) is 1. The van der Waals surface area contributed by atoms with Crippen LogP contribution in [-0.4, -0.2) is 35.9 Å². The van der Waals surface area contributed by atoms with Crippen molar-refractivity contribution in [3.63, 3.8) is 0 Å². The smallest absolute Gasteiger partial charge is 0.261 e. The molecule has 6 heteroatoms. The largest absolute Gasteiger partial charge is 0.483 e. The van der Waals surface area contributed by atoms with E-state index < -0.39 is 6.04 Å². The van der Waals surface area contributed by atoms with Crippen LogP contribution >= 0.6 is 11.6 Å². The number of halogens is 1. The average Bonchev–Trinajstić information content (AvgIpc) is 2.68. The third kappa shape index (κ3) is 5.97. The van der Waals surface area contributed by atoms with Gasteiger partial charge in [-0.2, -0.15) is 0 Å². The van der Waals surface area contributed by atoms with Crippen LogP contribution in [0.25, 0.3) is 0 Å². The number of benzene rings is 2. The Hall–Kier alpha value is -2.53. The summed E-state index contributed by atoms with van der Waals surface area (Å²) in [6.07, 6.45) is 0. The molecule has 5 nitrogen and oxygen atoms in total. The minimum absolute atomic E-state index is 0.155. The van der Waals surface area contributed by atoms with Crippen LogP contribution in [0.15, 0.2) is 36.4 Å². The zero-order valence-corrected chi connectivity index (χ0v) is 18.5. The molecule has 2 aromatic carbocycles. The first-order chi connectivity index (χ1) is 13.7.